The van der Waals surface area contributed by atoms with E-state index in [1.807, 2.05) is 0 Å². The first-order chi connectivity index (χ1) is 8.65. The van der Waals surface area contributed by atoms with Crippen LogP contribution in [-0.2, 0) is 0 Å². The van der Waals surface area contributed by atoms with Gasteiger partial charge in [0.2, 0.25) is 0 Å². The monoisotopic (exact) mass is 252 g/mol. The molecule has 0 spiro atoms. The number of nitrogens with zero attached hydrogens (tertiary/aromatic N) is 1. The van der Waals surface area contributed by atoms with Crippen molar-refractivity contribution in [2.45, 2.75) is 83.8 Å². The first-order valence-corrected chi connectivity index (χ1v) is 8.16. The molecule has 1 saturated carbocycles. The fraction of sp³-hybridized carbons (Fsp3) is 1.00. The van der Waals surface area contributed by atoms with Gasteiger partial charge in [-0.2, -0.15) is 0 Å². The van der Waals surface area contributed by atoms with E-state index in [1.54, 1.807) is 0 Å². The summed E-state index contributed by atoms with van der Waals surface area (Å²) in [6.07, 6.45) is 8.13. The Kier molecular flexibility index (Phi) is 4.71. The highest BCUT2D eigenvalue weighted by Crippen LogP contribution is 2.34. The van der Waals surface area contributed by atoms with Gasteiger partial charge in [0.05, 0.1) is 0 Å². The van der Waals surface area contributed by atoms with Gasteiger partial charge in [-0.3, -0.25) is 4.90 Å². The summed E-state index contributed by atoms with van der Waals surface area (Å²) in [5.41, 5.74) is 0.383. The van der Waals surface area contributed by atoms with Gasteiger partial charge in [0, 0.05) is 30.7 Å². The quantitative estimate of drug-likeness (QED) is 0.825. The minimum Gasteiger partial charge on any atom is -0.308 e. The van der Waals surface area contributed by atoms with Crippen molar-refractivity contribution < 1.29 is 0 Å². The van der Waals surface area contributed by atoms with Crippen molar-refractivity contribution in [2.75, 3.05) is 13.1 Å². The molecule has 1 aliphatic heterocycles. The van der Waals surface area contributed by atoms with Crippen molar-refractivity contribution in [1.82, 2.24) is 10.2 Å². The average Bonchev–Trinajstić information content (AvgIpc) is 2.84. The predicted molar refractivity (Wildman–Crippen MR) is 78.9 cm³/mol. The van der Waals surface area contributed by atoms with Crippen molar-refractivity contribution >= 4 is 0 Å². The summed E-state index contributed by atoms with van der Waals surface area (Å²) >= 11 is 0. The van der Waals surface area contributed by atoms with Crippen LogP contribution in [0.4, 0.5) is 0 Å². The lowest BCUT2D eigenvalue weighted by atomic mass is 9.86. The summed E-state index contributed by atoms with van der Waals surface area (Å²) < 4.78 is 0. The molecular formula is C16H32N2. The molecule has 1 N–H and O–H groups in total. The molecule has 0 radical (unpaired) electrons. The summed E-state index contributed by atoms with van der Waals surface area (Å²) in [5.74, 6) is 0.906. The maximum absolute atomic E-state index is 3.86. The Balaban J connectivity index is 2.12. The van der Waals surface area contributed by atoms with E-state index in [9.17, 15) is 0 Å². The lowest BCUT2D eigenvalue weighted by molar-refractivity contribution is 0.0237. The van der Waals surface area contributed by atoms with Crippen molar-refractivity contribution in [3.8, 4) is 0 Å². The summed E-state index contributed by atoms with van der Waals surface area (Å²) in [5, 5.41) is 3.86. The number of nitrogens with one attached hydrogen (secondary N) is 1. The minimum absolute atomic E-state index is 0.383. The molecule has 0 aromatic rings. The third-order valence-corrected chi connectivity index (χ3v) is 5.73. The molecule has 1 saturated heterocycles. The van der Waals surface area contributed by atoms with Crippen molar-refractivity contribution in [3.05, 3.63) is 0 Å². The molecule has 2 nitrogen and oxygen atoms in total. The molecule has 106 valence electrons. The Morgan fingerprint density at radius 1 is 1.17 bits per heavy atom. The molecular weight excluding hydrogens is 220 g/mol. The molecule has 3 atom stereocenters. The smallest absolute Gasteiger partial charge is 0.0304 e. The zero-order chi connectivity index (χ0) is 13.2. The second kappa shape index (κ2) is 5.92. The molecule has 0 aromatic carbocycles. The van der Waals surface area contributed by atoms with E-state index >= 15 is 0 Å². The zero-order valence-electron chi connectivity index (χ0n) is 12.8. The third-order valence-electron chi connectivity index (χ3n) is 5.73. The van der Waals surface area contributed by atoms with E-state index in [1.165, 1.54) is 51.6 Å². The van der Waals surface area contributed by atoms with Crippen LogP contribution in [0.2, 0.25) is 0 Å². The highest BCUT2D eigenvalue weighted by Gasteiger charge is 2.41. The van der Waals surface area contributed by atoms with Crippen molar-refractivity contribution in [3.63, 3.8) is 0 Å². The van der Waals surface area contributed by atoms with E-state index in [4.69, 9.17) is 0 Å². The van der Waals surface area contributed by atoms with Crippen LogP contribution in [-0.4, -0.2) is 35.6 Å². The fourth-order valence-electron chi connectivity index (χ4n) is 4.10. The Hall–Kier alpha value is -0.0800. The molecule has 1 heterocycles. The molecule has 1 aliphatic carbocycles. The zero-order valence-corrected chi connectivity index (χ0v) is 12.8. The highest BCUT2D eigenvalue weighted by molar-refractivity contribution is 5.00. The molecule has 3 unspecified atom stereocenters. The Morgan fingerprint density at radius 2 is 1.89 bits per heavy atom. The van der Waals surface area contributed by atoms with Gasteiger partial charge in [-0.15, -0.1) is 0 Å². The summed E-state index contributed by atoms with van der Waals surface area (Å²) in [6, 6.07) is 1.62. The lowest BCUT2D eigenvalue weighted by Crippen LogP contribution is -2.66. The van der Waals surface area contributed by atoms with Gasteiger partial charge in [-0.05, 0) is 38.0 Å². The van der Waals surface area contributed by atoms with Crippen LogP contribution in [0.3, 0.4) is 0 Å². The third kappa shape index (κ3) is 2.60. The van der Waals surface area contributed by atoms with Gasteiger partial charge < -0.3 is 5.32 Å². The normalized spacial score (nSPS) is 37.0. The van der Waals surface area contributed by atoms with E-state index < -0.39 is 0 Å². The van der Waals surface area contributed by atoms with Crippen LogP contribution < -0.4 is 5.32 Å². The molecule has 2 aliphatic rings. The Bertz CT molecular complexity index is 260. The first-order valence-electron chi connectivity index (χ1n) is 8.16. The van der Waals surface area contributed by atoms with Gasteiger partial charge in [0.15, 0.2) is 0 Å². The van der Waals surface area contributed by atoms with E-state index in [2.05, 4.69) is 37.9 Å². The van der Waals surface area contributed by atoms with Crippen molar-refractivity contribution in [1.29, 1.82) is 0 Å². The predicted octanol–water partition coefficient (Wildman–Crippen LogP) is 3.42. The van der Waals surface area contributed by atoms with E-state index in [-0.39, 0.29) is 0 Å². The number of hydrogen-bond donors (Lipinski definition) is 1. The summed E-state index contributed by atoms with van der Waals surface area (Å²) in [7, 11) is 0. The van der Waals surface area contributed by atoms with Gasteiger partial charge >= 0.3 is 0 Å². The Labute approximate surface area is 114 Å². The largest absolute Gasteiger partial charge is 0.308 e. The van der Waals surface area contributed by atoms with Crippen LogP contribution in [0.1, 0.15) is 66.2 Å². The maximum Gasteiger partial charge on any atom is 0.0304 e. The summed E-state index contributed by atoms with van der Waals surface area (Å²) in [4.78, 5) is 2.88. The van der Waals surface area contributed by atoms with Gasteiger partial charge in [-0.25, -0.2) is 0 Å². The van der Waals surface area contributed by atoms with Gasteiger partial charge in [0.25, 0.3) is 0 Å². The molecule has 18 heavy (non-hydrogen) atoms. The number of rotatable bonds is 4. The van der Waals surface area contributed by atoms with Crippen LogP contribution in [0, 0.1) is 5.92 Å². The maximum atomic E-state index is 3.86. The second-order valence-electron chi connectivity index (χ2n) is 6.58. The molecule has 0 aromatic heterocycles. The van der Waals surface area contributed by atoms with Crippen LogP contribution in [0.25, 0.3) is 0 Å². The molecule has 2 rings (SSSR count). The molecule has 0 bridgehead atoms. The van der Waals surface area contributed by atoms with Gasteiger partial charge in [0.1, 0.15) is 0 Å². The first kappa shape index (κ1) is 14.3. The van der Waals surface area contributed by atoms with Crippen LogP contribution in [0.5, 0.6) is 0 Å². The number of hydrogen-bond acceptors (Lipinski definition) is 2. The lowest BCUT2D eigenvalue weighted by Gasteiger charge is -2.50. The second-order valence-corrected chi connectivity index (χ2v) is 6.58. The Morgan fingerprint density at radius 3 is 2.39 bits per heavy atom. The van der Waals surface area contributed by atoms with E-state index in [0.717, 1.165) is 18.0 Å². The number of piperazine rings is 1. The topological polar surface area (TPSA) is 15.3 Å². The summed E-state index contributed by atoms with van der Waals surface area (Å²) in [6.45, 7) is 12.0. The minimum atomic E-state index is 0.383. The van der Waals surface area contributed by atoms with E-state index in [0.29, 0.717) is 5.54 Å². The van der Waals surface area contributed by atoms with Crippen LogP contribution in [0.15, 0.2) is 0 Å². The van der Waals surface area contributed by atoms with Crippen LogP contribution >= 0.6 is 0 Å². The van der Waals surface area contributed by atoms with Crippen molar-refractivity contribution in [2.24, 2.45) is 5.92 Å². The average molecular weight is 252 g/mol. The van der Waals surface area contributed by atoms with Gasteiger partial charge in [-0.1, -0.05) is 34.1 Å². The molecule has 2 heteroatoms. The highest BCUT2D eigenvalue weighted by atomic mass is 15.3. The SMILES string of the molecule is CCC1CNC(CC)(CC)CN1C1CCCC1C. The standard InChI is InChI=1S/C16H32N2/c1-5-14-11-17-16(6-2,7-3)12-18(14)15-10-8-9-13(15)4/h13-15,17H,5-12H2,1-4H3. The fourth-order valence-corrected chi connectivity index (χ4v) is 4.10. The molecule has 0 amide bonds. The molecule has 2 fully saturated rings.